The van der Waals surface area contributed by atoms with Gasteiger partial charge in [0.25, 0.3) is 0 Å². The molecule has 11 heavy (non-hydrogen) atoms. The van der Waals surface area contributed by atoms with Crippen LogP contribution >= 0.6 is 12.6 Å². The van der Waals surface area contributed by atoms with E-state index in [1.54, 1.807) is 0 Å². The van der Waals surface area contributed by atoms with Crippen molar-refractivity contribution in [3.8, 4) is 0 Å². The molecule has 0 bridgehead atoms. The summed E-state index contributed by atoms with van der Waals surface area (Å²) in [7, 11) is 0. The molecule has 66 valence electrons. The van der Waals surface area contributed by atoms with Crippen LogP contribution in [0.2, 0.25) is 0 Å². The average Bonchev–Trinajstić information content (AvgIpc) is 1.98. The first kappa shape index (κ1) is 10.8. The van der Waals surface area contributed by atoms with E-state index in [0.29, 0.717) is 18.3 Å². The molecule has 0 radical (unpaired) electrons. The van der Waals surface area contributed by atoms with Gasteiger partial charge in [-0.1, -0.05) is 13.8 Å². The molecule has 0 saturated carbocycles. The van der Waals surface area contributed by atoms with Gasteiger partial charge in [-0.25, -0.2) is 0 Å². The predicted molar refractivity (Wildman–Crippen MR) is 47.6 cm³/mol. The molecule has 0 rings (SSSR count). The number of nitrogens with two attached hydrogens (primary N) is 1. The fraction of sp³-hybridized carbons (Fsp3) is 0.857. The van der Waals surface area contributed by atoms with E-state index in [-0.39, 0.29) is 5.97 Å². The molecular formula is C7H15NO2S. The van der Waals surface area contributed by atoms with Gasteiger partial charge in [0, 0.05) is 5.75 Å². The average molecular weight is 177 g/mol. The third-order valence-electron chi connectivity index (χ3n) is 1.06. The maximum absolute atomic E-state index is 10.9. The number of carbonyl (C=O) groups is 1. The third kappa shape index (κ3) is 5.09. The first-order valence-electron chi connectivity index (χ1n) is 3.61. The van der Waals surface area contributed by atoms with Crippen molar-refractivity contribution in [2.75, 3.05) is 12.4 Å². The molecule has 0 saturated heterocycles. The van der Waals surface area contributed by atoms with E-state index in [1.165, 1.54) is 0 Å². The molecular weight excluding hydrogens is 162 g/mol. The maximum atomic E-state index is 10.9. The standard InChI is InChI=1S/C7H15NO2S/c1-5(2)3-10-7(9)6(8)4-11/h5-6,11H,3-4,8H2,1-2H3/t6-/m0/s1. The molecule has 0 aromatic carbocycles. The molecule has 0 aromatic rings. The summed E-state index contributed by atoms with van der Waals surface area (Å²) in [5.74, 6) is 0.316. The SMILES string of the molecule is CC(C)COC(=O)[C@@H](N)CS. The summed E-state index contributed by atoms with van der Waals surface area (Å²) in [6, 6.07) is -0.586. The summed E-state index contributed by atoms with van der Waals surface area (Å²) >= 11 is 3.87. The molecule has 4 heteroatoms. The van der Waals surface area contributed by atoms with Gasteiger partial charge in [0.1, 0.15) is 6.04 Å². The van der Waals surface area contributed by atoms with E-state index in [2.05, 4.69) is 12.6 Å². The summed E-state index contributed by atoms with van der Waals surface area (Å²) < 4.78 is 4.84. The molecule has 0 aliphatic heterocycles. The zero-order valence-corrected chi connectivity index (χ0v) is 7.80. The van der Waals surface area contributed by atoms with E-state index in [0.717, 1.165) is 0 Å². The predicted octanol–water partition coefficient (Wildman–Crippen LogP) is 0.443. The van der Waals surface area contributed by atoms with Gasteiger partial charge in [-0.3, -0.25) is 4.79 Å². The Hall–Kier alpha value is -0.220. The number of thiol groups is 1. The van der Waals surface area contributed by atoms with Crippen molar-refractivity contribution in [2.45, 2.75) is 19.9 Å². The van der Waals surface area contributed by atoms with Crippen LogP contribution in [0.15, 0.2) is 0 Å². The number of hydrogen-bond acceptors (Lipinski definition) is 4. The molecule has 2 N–H and O–H groups in total. The Balaban J connectivity index is 3.52. The Labute approximate surface area is 72.7 Å². The van der Waals surface area contributed by atoms with Gasteiger partial charge in [0.2, 0.25) is 0 Å². The normalized spacial score (nSPS) is 13.2. The summed E-state index contributed by atoms with van der Waals surface area (Å²) in [6.07, 6.45) is 0. The van der Waals surface area contributed by atoms with Crippen molar-refractivity contribution in [2.24, 2.45) is 11.7 Å². The lowest BCUT2D eigenvalue weighted by Gasteiger charge is -2.10. The molecule has 0 unspecified atom stereocenters. The third-order valence-corrected chi connectivity index (χ3v) is 1.45. The summed E-state index contributed by atoms with van der Waals surface area (Å²) in [5.41, 5.74) is 5.35. The minimum Gasteiger partial charge on any atom is -0.464 e. The summed E-state index contributed by atoms with van der Waals surface area (Å²) in [5, 5.41) is 0. The molecule has 3 nitrogen and oxygen atoms in total. The largest absolute Gasteiger partial charge is 0.464 e. The van der Waals surface area contributed by atoms with Gasteiger partial charge in [-0.2, -0.15) is 12.6 Å². The molecule has 0 amide bonds. The Morgan fingerprint density at radius 3 is 2.55 bits per heavy atom. The lowest BCUT2D eigenvalue weighted by atomic mass is 10.2. The van der Waals surface area contributed by atoms with E-state index < -0.39 is 6.04 Å². The Bertz CT molecular complexity index is 128. The van der Waals surface area contributed by atoms with Crippen LogP contribution in [0.1, 0.15) is 13.8 Å². The minimum absolute atomic E-state index is 0.330. The van der Waals surface area contributed by atoms with Gasteiger partial charge in [-0.15, -0.1) is 0 Å². The van der Waals surface area contributed by atoms with Crippen LogP contribution in [0.3, 0.4) is 0 Å². The molecule has 0 aliphatic rings. The Morgan fingerprint density at radius 1 is 1.64 bits per heavy atom. The maximum Gasteiger partial charge on any atom is 0.323 e. The van der Waals surface area contributed by atoms with Crippen molar-refractivity contribution in [3.63, 3.8) is 0 Å². The summed E-state index contributed by atoms with van der Waals surface area (Å²) in [6.45, 7) is 4.37. The van der Waals surface area contributed by atoms with E-state index >= 15 is 0 Å². The van der Waals surface area contributed by atoms with Gasteiger partial charge < -0.3 is 10.5 Å². The van der Waals surface area contributed by atoms with Crippen LogP contribution < -0.4 is 5.73 Å². The fourth-order valence-corrected chi connectivity index (χ4v) is 0.579. The van der Waals surface area contributed by atoms with Gasteiger partial charge >= 0.3 is 5.97 Å². The quantitative estimate of drug-likeness (QED) is 0.484. The molecule has 0 aliphatic carbocycles. The second-order valence-corrected chi connectivity index (χ2v) is 3.18. The van der Waals surface area contributed by atoms with Crippen molar-refractivity contribution >= 4 is 18.6 Å². The highest BCUT2D eigenvalue weighted by Gasteiger charge is 2.12. The topological polar surface area (TPSA) is 52.3 Å². The molecule has 0 aromatic heterocycles. The number of ether oxygens (including phenoxy) is 1. The zero-order chi connectivity index (χ0) is 8.85. The highest BCUT2D eigenvalue weighted by atomic mass is 32.1. The van der Waals surface area contributed by atoms with E-state index in [4.69, 9.17) is 10.5 Å². The highest BCUT2D eigenvalue weighted by Crippen LogP contribution is 1.95. The molecule has 0 heterocycles. The van der Waals surface area contributed by atoms with Crippen molar-refractivity contribution < 1.29 is 9.53 Å². The molecule has 1 atom stereocenters. The summed E-state index contributed by atoms with van der Waals surface area (Å²) in [4.78, 5) is 10.9. The minimum atomic E-state index is -0.586. The van der Waals surface area contributed by atoms with Crippen molar-refractivity contribution in [1.82, 2.24) is 0 Å². The van der Waals surface area contributed by atoms with Crippen LogP contribution in [0.5, 0.6) is 0 Å². The second-order valence-electron chi connectivity index (χ2n) is 2.81. The monoisotopic (exact) mass is 177 g/mol. The van der Waals surface area contributed by atoms with Crippen LogP contribution in [-0.2, 0) is 9.53 Å². The molecule has 0 spiro atoms. The number of esters is 1. The zero-order valence-electron chi connectivity index (χ0n) is 6.91. The van der Waals surface area contributed by atoms with E-state index in [9.17, 15) is 4.79 Å². The second kappa shape index (κ2) is 5.43. The van der Waals surface area contributed by atoms with Gasteiger partial charge in [0.15, 0.2) is 0 Å². The fourth-order valence-electron chi connectivity index (χ4n) is 0.430. The Kier molecular flexibility index (Phi) is 5.32. The number of carbonyl (C=O) groups excluding carboxylic acids is 1. The first-order chi connectivity index (χ1) is 5.07. The first-order valence-corrected chi connectivity index (χ1v) is 4.24. The van der Waals surface area contributed by atoms with Crippen LogP contribution in [0.4, 0.5) is 0 Å². The smallest absolute Gasteiger partial charge is 0.323 e. The number of hydrogen-bond donors (Lipinski definition) is 2. The Morgan fingerprint density at radius 2 is 2.18 bits per heavy atom. The van der Waals surface area contributed by atoms with Gasteiger partial charge in [-0.05, 0) is 5.92 Å². The van der Waals surface area contributed by atoms with Crippen molar-refractivity contribution in [3.05, 3.63) is 0 Å². The van der Waals surface area contributed by atoms with Gasteiger partial charge in [0.05, 0.1) is 6.61 Å². The van der Waals surface area contributed by atoms with Crippen LogP contribution in [0, 0.1) is 5.92 Å². The van der Waals surface area contributed by atoms with Crippen LogP contribution in [0.25, 0.3) is 0 Å². The lowest BCUT2D eigenvalue weighted by molar-refractivity contribution is -0.145. The van der Waals surface area contributed by atoms with E-state index in [1.807, 2.05) is 13.8 Å². The van der Waals surface area contributed by atoms with Crippen LogP contribution in [-0.4, -0.2) is 24.4 Å². The lowest BCUT2D eigenvalue weighted by Crippen LogP contribution is -2.34. The molecule has 0 fully saturated rings. The van der Waals surface area contributed by atoms with Crippen molar-refractivity contribution in [1.29, 1.82) is 0 Å². The number of rotatable bonds is 4. The highest BCUT2D eigenvalue weighted by molar-refractivity contribution is 7.80.